The van der Waals surface area contributed by atoms with Gasteiger partial charge in [-0.25, -0.2) is 0 Å². The third-order valence-corrected chi connectivity index (χ3v) is 3.37. The van der Waals surface area contributed by atoms with Crippen molar-refractivity contribution in [1.82, 2.24) is 15.5 Å². The number of hydrogen-bond donors (Lipinski definition) is 2. The largest absolute Gasteiger partial charge is 0.385 e. The fraction of sp³-hybridized carbons (Fsp3) is 0.941. The summed E-state index contributed by atoms with van der Waals surface area (Å²) in [5.74, 6) is 0.932. The molecule has 0 saturated carbocycles. The predicted molar refractivity (Wildman–Crippen MR) is 112 cm³/mol. The number of hydrogen-bond acceptors (Lipinski definition) is 3. The molecule has 0 spiro atoms. The number of guanidine groups is 1. The van der Waals surface area contributed by atoms with Gasteiger partial charge in [0, 0.05) is 46.4 Å². The van der Waals surface area contributed by atoms with Crippen molar-refractivity contribution >= 4 is 29.9 Å². The lowest BCUT2D eigenvalue weighted by Gasteiger charge is -2.19. The van der Waals surface area contributed by atoms with E-state index in [0.717, 1.165) is 58.1 Å². The Morgan fingerprint density at radius 3 is 2.39 bits per heavy atom. The summed E-state index contributed by atoms with van der Waals surface area (Å²) in [6.07, 6.45) is 3.42. The lowest BCUT2D eigenvalue weighted by Crippen LogP contribution is -2.41. The molecule has 0 aliphatic rings. The molecular weight excluding hydrogens is 403 g/mol. The topological polar surface area (TPSA) is 48.9 Å². The molecule has 0 aromatic rings. The Morgan fingerprint density at radius 2 is 1.83 bits per heavy atom. The van der Waals surface area contributed by atoms with Crippen LogP contribution in [0.2, 0.25) is 0 Å². The second kappa shape index (κ2) is 15.4. The third-order valence-electron chi connectivity index (χ3n) is 3.37. The van der Waals surface area contributed by atoms with Crippen molar-refractivity contribution in [3.8, 4) is 0 Å². The maximum Gasteiger partial charge on any atom is 0.191 e. The quantitative estimate of drug-likeness (QED) is 0.224. The maximum absolute atomic E-state index is 5.07. The first-order valence-electron chi connectivity index (χ1n) is 8.58. The first kappa shape index (κ1) is 25.2. The molecule has 5 nitrogen and oxygen atoms in total. The monoisotopic (exact) mass is 442 g/mol. The van der Waals surface area contributed by atoms with Crippen LogP contribution in [0.15, 0.2) is 4.99 Å². The molecule has 140 valence electrons. The highest BCUT2D eigenvalue weighted by Gasteiger charge is 2.08. The molecule has 0 radical (unpaired) electrons. The Hall–Kier alpha value is -0.0800. The van der Waals surface area contributed by atoms with Crippen molar-refractivity contribution in [2.45, 2.75) is 47.0 Å². The van der Waals surface area contributed by atoms with E-state index in [4.69, 9.17) is 4.74 Å². The van der Waals surface area contributed by atoms with Crippen molar-refractivity contribution in [3.63, 3.8) is 0 Å². The Bertz CT molecular complexity index is 293. The molecule has 0 fully saturated rings. The van der Waals surface area contributed by atoms with Crippen LogP contribution in [0.1, 0.15) is 47.0 Å². The van der Waals surface area contributed by atoms with E-state index in [9.17, 15) is 0 Å². The molecule has 0 atom stereocenters. The van der Waals surface area contributed by atoms with E-state index in [2.05, 4.69) is 55.3 Å². The zero-order chi connectivity index (χ0) is 16.8. The minimum Gasteiger partial charge on any atom is -0.385 e. The van der Waals surface area contributed by atoms with Crippen LogP contribution >= 0.6 is 24.0 Å². The Morgan fingerprint density at radius 1 is 1.13 bits per heavy atom. The van der Waals surface area contributed by atoms with Gasteiger partial charge in [-0.3, -0.25) is 4.99 Å². The minimum absolute atomic E-state index is 0. The van der Waals surface area contributed by atoms with Gasteiger partial charge in [-0.05, 0) is 38.6 Å². The molecule has 0 amide bonds. The van der Waals surface area contributed by atoms with Crippen LogP contribution < -0.4 is 10.6 Å². The molecule has 0 aromatic carbocycles. The second-order valence-electron chi connectivity index (χ2n) is 7.00. The number of halogens is 1. The average Bonchev–Trinajstić information content (AvgIpc) is 2.42. The van der Waals surface area contributed by atoms with Gasteiger partial charge in [0.2, 0.25) is 0 Å². The minimum atomic E-state index is 0. The van der Waals surface area contributed by atoms with Crippen LogP contribution in [0.5, 0.6) is 0 Å². The number of ether oxygens (including phenoxy) is 1. The SMILES string of the molecule is CCNC(=NCCCC(C)(C)C)NCCN(C)CCCOC.I. The van der Waals surface area contributed by atoms with E-state index >= 15 is 0 Å². The van der Waals surface area contributed by atoms with E-state index in [1.165, 1.54) is 6.42 Å². The molecule has 23 heavy (non-hydrogen) atoms. The fourth-order valence-corrected chi connectivity index (χ4v) is 2.10. The molecule has 0 aliphatic heterocycles. The zero-order valence-corrected chi connectivity index (χ0v) is 18.4. The van der Waals surface area contributed by atoms with Gasteiger partial charge in [0.15, 0.2) is 5.96 Å². The van der Waals surface area contributed by atoms with Crippen LogP contribution in [0, 0.1) is 5.41 Å². The number of aliphatic imine (C=N–C) groups is 1. The van der Waals surface area contributed by atoms with Crippen molar-refractivity contribution in [2.75, 3.05) is 53.5 Å². The van der Waals surface area contributed by atoms with Gasteiger partial charge in [-0.2, -0.15) is 0 Å². The number of methoxy groups -OCH3 is 1. The van der Waals surface area contributed by atoms with Gasteiger partial charge >= 0.3 is 0 Å². The van der Waals surface area contributed by atoms with E-state index < -0.39 is 0 Å². The molecule has 0 unspecified atom stereocenters. The number of nitrogens with one attached hydrogen (secondary N) is 2. The van der Waals surface area contributed by atoms with Crippen LogP contribution in [0.25, 0.3) is 0 Å². The van der Waals surface area contributed by atoms with Gasteiger partial charge in [-0.15, -0.1) is 24.0 Å². The molecule has 2 N–H and O–H groups in total. The molecule has 0 heterocycles. The lowest BCUT2D eigenvalue weighted by atomic mass is 9.91. The van der Waals surface area contributed by atoms with Crippen LogP contribution in [0.3, 0.4) is 0 Å². The molecule has 0 aromatic heterocycles. The Balaban J connectivity index is 0. The Labute approximate surface area is 161 Å². The van der Waals surface area contributed by atoms with Gasteiger partial charge in [0.1, 0.15) is 0 Å². The van der Waals surface area contributed by atoms with E-state index in [-0.39, 0.29) is 24.0 Å². The zero-order valence-electron chi connectivity index (χ0n) is 16.1. The predicted octanol–water partition coefficient (Wildman–Crippen LogP) is 2.95. The number of nitrogens with zero attached hydrogens (tertiary/aromatic N) is 2. The summed E-state index contributed by atoms with van der Waals surface area (Å²) in [7, 11) is 3.89. The van der Waals surface area contributed by atoms with Crippen LogP contribution in [-0.4, -0.2) is 64.3 Å². The normalized spacial score (nSPS) is 12.2. The Kier molecular flexibility index (Phi) is 16.9. The molecule has 0 rings (SSSR count). The summed E-state index contributed by atoms with van der Waals surface area (Å²) in [4.78, 5) is 6.96. The molecular formula is C17H39IN4O. The van der Waals surface area contributed by atoms with Gasteiger partial charge in [-0.1, -0.05) is 20.8 Å². The average molecular weight is 442 g/mol. The van der Waals surface area contributed by atoms with E-state index in [1.54, 1.807) is 7.11 Å². The van der Waals surface area contributed by atoms with Crippen molar-refractivity contribution in [2.24, 2.45) is 10.4 Å². The standard InChI is InChI=1S/C17H38N4O.HI/c1-7-18-16(19-11-8-10-17(2,3)4)20-12-14-21(5)13-9-15-22-6;/h7-15H2,1-6H3,(H2,18,19,20);1H. The summed E-state index contributed by atoms with van der Waals surface area (Å²) in [6.45, 7) is 14.5. The number of rotatable bonds is 11. The first-order chi connectivity index (χ1) is 10.4. The summed E-state index contributed by atoms with van der Waals surface area (Å²) >= 11 is 0. The smallest absolute Gasteiger partial charge is 0.191 e. The second-order valence-corrected chi connectivity index (χ2v) is 7.00. The van der Waals surface area contributed by atoms with E-state index in [1.807, 2.05) is 0 Å². The molecule has 0 aliphatic carbocycles. The van der Waals surface area contributed by atoms with Crippen LogP contribution in [-0.2, 0) is 4.74 Å². The van der Waals surface area contributed by atoms with Gasteiger partial charge in [0.25, 0.3) is 0 Å². The van der Waals surface area contributed by atoms with Crippen molar-refractivity contribution in [3.05, 3.63) is 0 Å². The summed E-state index contributed by atoms with van der Waals surface area (Å²) < 4.78 is 5.07. The van der Waals surface area contributed by atoms with Crippen molar-refractivity contribution in [1.29, 1.82) is 0 Å². The first-order valence-corrected chi connectivity index (χ1v) is 8.58. The third kappa shape index (κ3) is 18.1. The molecule has 6 heteroatoms. The molecule has 0 saturated heterocycles. The van der Waals surface area contributed by atoms with Gasteiger partial charge < -0.3 is 20.3 Å². The summed E-state index contributed by atoms with van der Waals surface area (Å²) in [6, 6.07) is 0. The van der Waals surface area contributed by atoms with Gasteiger partial charge in [0.05, 0.1) is 0 Å². The number of likely N-dealkylation sites (N-methyl/N-ethyl adjacent to an activating group) is 1. The van der Waals surface area contributed by atoms with Crippen LogP contribution in [0.4, 0.5) is 0 Å². The van der Waals surface area contributed by atoms with Crippen molar-refractivity contribution < 1.29 is 4.74 Å². The molecule has 0 bridgehead atoms. The highest BCUT2D eigenvalue weighted by atomic mass is 127. The highest BCUT2D eigenvalue weighted by Crippen LogP contribution is 2.20. The van der Waals surface area contributed by atoms with E-state index in [0.29, 0.717) is 5.41 Å². The summed E-state index contributed by atoms with van der Waals surface area (Å²) in [5, 5.41) is 6.71. The highest BCUT2D eigenvalue weighted by molar-refractivity contribution is 14.0. The summed E-state index contributed by atoms with van der Waals surface area (Å²) in [5.41, 5.74) is 0.395. The lowest BCUT2D eigenvalue weighted by molar-refractivity contribution is 0.180. The fourth-order valence-electron chi connectivity index (χ4n) is 2.10. The maximum atomic E-state index is 5.07.